The number of rotatable bonds is 2. The predicted octanol–water partition coefficient (Wildman–Crippen LogP) is 4.70. The first-order chi connectivity index (χ1) is 13.5. The number of carbonyl (C=O) groups is 1. The molecule has 2 heterocycles. The molecule has 0 radical (unpaired) electrons. The minimum atomic E-state index is -1.10. The van der Waals surface area contributed by atoms with E-state index in [9.17, 15) is 9.90 Å². The van der Waals surface area contributed by atoms with E-state index in [1.54, 1.807) is 18.2 Å². The number of esters is 1. The van der Waals surface area contributed by atoms with Crippen LogP contribution in [0.4, 0.5) is 5.69 Å². The first-order valence-electron chi connectivity index (χ1n) is 9.27. The Labute approximate surface area is 162 Å². The fraction of sp³-hybridized carbons (Fsp3) is 0.174. The Morgan fingerprint density at radius 1 is 0.964 bits per heavy atom. The van der Waals surface area contributed by atoms with Crippen LogP contribution in [0.1, 0.15) is 39.5 Å². The van der Waals surface area contributed by atoms with Gasteiger partial charge in [0, 0.05) is 35.0 Å². The molecule has 0 aromatic heterocycles. The standard InChI is InChI=1S/C23H19NO4/c1-3-24-14-5-8-17-16(11-14)22(26)28-23(17)18-7-4-13(2)10-20(18)27-21-12-15(25)6-9-19(21)23/h4-12,24-25H,3H2,1-2H3. The number of fused-ring (bicyclic) bond motifs is 6. The van der Waals surface area contributed by atoms with Crippen molar-refractivity contribution in [2.45, 2.75) is 19.4 Å². The number of aromatic hydroxyl groups is 1. The Morgan fingerprint density at radius 2 is 1.68 bits per heavy atom. The van der Waals surface area contributed by atoms with Crippen LogP contribution in [0, 0.1) is 6.92 Å². The number of phenols is 1. The summed E-state index contributed by atoms with van der Waals surface area (Å²) in [5, 5.41) is 13.2. The summed E-state index contributed by atoms with van der Waals surface area (Å²) in [6.45, 7) is 4.75. The molecule has 0 saturated carbocycles. The number of aryl methyl sites for hydroxylation is 1. The second-order valence-electron chi connectivity index (χ2n) is 7.14. The molecular formula is C23H19NO4. The molecule has 3 aromatic carbocycles. The molecule has 1 unspecified atom stereocenters. The summed E-state index contributed by atoms with van der Waals surface area (Å²) >= 11 is 0. The van der Waals surface area contributed by atoms with Gasteiger partial charge >= 0.3 is 5.97 Å². The summed E-state index contributed by atoms with van der Waals surface area (Å²) in [7, 11) is 0. The molecule has 5 nitrogen and oxygen atoms in total. The van der Waals surface area contributed by atoms with E-state index in [-0.39, 0.29) is 11.7 Å². The maximum absolute atomic E-state index is 12.9. The Morgan fingerprint density at radius 3 is 2.46 bits per heavy atom. The Kier molecular flexibility index (Phi) is 3.43. The summed E-state index contributed by atoms with van der Waals surface area (Å²) in [5.74, 6) is 0.822. The van der Waals surface area contributed by atoms with Crippen LogP contribution in [0.3, 0.4) is 0 Å². The van der Waals surface area contributed by atoms with Gasteiger partial charge in [-0.2, -0.15) is 0 Å². The van der Waals surface area contributed by atoms with Crippen LogP contribution in [0.15, 0.2) is 54.6 Å². The molecule has 1 atom stereocenters. The van der Waals surface area contributed by atoms with E-state index in [0.29, 0.717) is 22.6 Å². The summed E-state index contributed by atoms with van der Waals surface area (Å²) in [5.41, 5.74) is 3.60. The third kappa shape index (κ3) is 2.16. The van der Waals surface area contributed by atoms with Crippen molar-refractivity contribution >= 4 is 11.7 Å². The maximum Gasteiger partial charge on any atom is 0.340 e. The molecule has 1 spiro atoms. The fourth-order valence-electron chi connectivity index (χ4n) is 4.14. The third-order valence-corrected chi connectivity index (χ3v) is 5.33. The Bertz CT molecular complexity index is 1080. The van der Waals surface area contributed by atoms with Crippen molar-refractivity contribution in [1.82, 2.24) is 0 Å². The zero-order valence-electron chi connectivity index (χ0n) is 15.6. The van der Waals surface area contributed by atoms with Crippen molar-refractivity contribution < 1.29 is 19.4 Å². The lowest BCUT2D eigenvalue weighted by Gasteiger charge is -2.36. The van der Waals surface area contributed by atoms with Gasteiger partial charge in [0.05, 0.1) is 5.56 Å². The molecule has 28 heavy (non-hydrogen) atoms. The van der Waals surface area contributed by atoms with E-state index >= 15 is 0 Å². The number of nitrogens with one attached hydrogen (secondary N) is 1. The minimum absolute atomic E-state index is 0.0945. The highest BCUT2D eigenvalue weighted by Crippen LogP contribution is 2.56. The molecule has 2 N–H and O–H groups in total. The predicted molar refractivity (Wildman–Crippen MR) is 105 cm³/mol. The molecule has 140 valence electrons. The van der Waals surface area contributed by atoms with E-state index in [2.05, 4.69) is 5.32 Å². The van der Waals surface area contributed by atoms with Crippen molar-refractivity contribution in [1.29, 1.82) is 0 Å². The van der Waals surface area contributed by atoms with Crippen LogP contribution in [-0.4, -0.2) is 17.6 Å². The van der Waals surface area contributed by atoms with Crippen LogP contribution in [0.5, 0.6) is 17.2 Å². The molecule has 0 aliphatic carbocycles. The van der Waals surface area contributed by atoms with Crippen molar-refractivity contribution in [2.24, 2.45) is 0 Å². The second kappa shape index (κ2) is 5.76. The van der Waals surface area contributed by atoms with E-state index < -0.39 is 5.60 Å². The highest BCUT2D eigenvalue weighted by Gasteiger charge is 2.53. The van der Waals surface area contributed by atoms with Crippen molar-refractivity contribution in [3.05, 3.63) is 82.4 Å². The molecule has 0 saturated heterocycles. The van der Waals surface area contributed by atoms with Gasteiger partial charge in [-0.25, -0.2) is 4.79 Å². The zero-order valence-corrected chi connectivity index (χ0v) is 15.6. The largest absolute Gasteiger partial charge is 0.508 e. The number of hydrogen-bond donors (Lipinski definition) is 2. The number of benzene rings is 3. The molecule has 5 heteroatoms. The summed E-state index contributed by atoms with van der Waals surface area (Å²) in [6, 6.07) is 16.5. The van der Waals surface area contributed by atoms with Gasteiger partial charge in [0.1, 0.15) is 17.2 Å². The maximum atomic E-state index is 12.9. The molecule has 0 bridgehead atoms. The highest BCUT2D eigenvalue weighted by atomic mass is 16.6. The Balaban J connectivity index is 1.83. The van der Waals surface area contributed by atoms with Crippen LogP contribution < -0.4 is 10.1 Å². The quantitative estimate of drug-likeness (QED) is 0.637. The molecule has 0 fully saturated rings. The summed E-state index contributed by atoms with van der Waals surface area (Å²) in [4.78, 5) is 12.9. The number of hydrogen-bond acceptors (Lipinski definition) is 5. The van der Waals surface area contributed by atoms with Crippen LogP contribution in [0.2, 0.25) is 0 Å². The van der Waals surface area contributed by atoms with Gasteiger partial charge in [0.15, 0.2) is 5.60 Å². The molecule has 2 aliphatic heterocycles. The normalized spacial score (nSPS) is 18.7. The average molecular weight is 373 g/mol. The van der Waals surface area contributed by atoms with Crippen molar-refractivity contribution in [3.8, 4) is 17.2 Å². The first-order valence-corrected chi connectivity index (χ1v) is 9.27. The highest BCUT2D eigenvalue weighted by molar-refractivity contribution is 5.98. The molecule has 3 aromatic rings. The molecule has 0 amide bonds. The minimum Gasteiger partial charge on any atom is -0.508 e. The average Bonchev–Trinajstić information content (AvgIpc) is 2.94. The van der Waals surface area contributed by atoms with Gasteiger partial charge in [-0.15, -0.1) is 0 Å². The molecule has 2 aliphatic rings. The van der Waals surface area contributed by atoms with E-state index in [4.69, 9.17) is 9.47 Å². The van der Waals surface area contributed by atoms with Gasteiger partial charge in [0.25, 0.3) is 0 Å². The number of carbonyl (C=O) groups excluding carboxylic acids is 1. The summed E-state index contributed by atoms with van der Waals surface area (Å²) in [6.07, 6.45) is 0. The number of anilines is 1. The van der Waals surface area contributed by atoms with E-state index in [1.807, 2.05) is 50.2 Å². The SMILES string of the molecule is CCNc1ccc2c(c1)C(=O)OC21c2ccc(C)cc2Oc2cc(O)ccc21. The lowest BCUT2D eigenvalue weighted by atomic mass is 9.77. The lowest BCUT2D eigenvalue weighted by Crippen LogP contribution is -2.33. The number of phenolic OH excluding ortho intramolecular Hbond substituents is 1. The van der Waals surface area contributed by atoms with Gasteiger partial charge in [0.2, 0.25) is 0 Å². The molecular weight excluding hydrogens is 354 g/mol. The second-order valence-corrected chi connectivity index (χ2v) is 7.14. The fourth-order valence-corrected chi connectivity index (χ4v) is 4.14. The third-order valence-electron chi connectivity index (χ3n) is 5.33. The van der Waals surface area contributed by atoms with E-state index in [1.165, 1.54) is 0 Å². The lowest BCUT2D eigenvalue weighted by molar-refractivity contribution is 0.0224. The first kappa shape index (κ1) is 16.7. The number of ether oxygens (including phenoxy) is 2. The van der Waals surface area contributed by atoms with Crippen molar-refractivity contribution in [3.63, 3.8) is 0 Å². The van der Waals surface area contributed by atoms with Gasteiger partial charge < -0.3 is 19.9 Å². The smallest absolute Gasteiger partial charge is 0.340 e. The van der Waals surface area contributed by atoms with Crippen LogP contribution in [-0.2, 0) is 10.3 Å². The van der Waals surface area contributed by atoms with Crippen LogP contribution in [0.25, 0.3) is 0 Å². The summed E-state index contributed by atoms with van der Waals surface area (Å²) < 4.78 is 12.2. The Hall–Kier alpha value is -3.47. The molecule has 5 rings (SSSR count). The van der Waals surface area contributed by atoms with Gasteiger partial charge in [-0.1, -0.05) is 18.2 Å². The van der Waals surface area contributed by atoms with Crippen molar-refractivity contribution in [2.75, 3.05) is 11.9 Å². The van der Waals surface area contributed by atoms with Gasteiger partial charge in [-0.05, 0) is 49.7 Å². The topological polar surface area (TPSA) is 67.8 Å². The van der Waals surface area contributed by atoms with Gasteiger partial charge in [-0.3, -0.25) is 0 Å². The monoisotopic (exact) mass is 373 g/mol. The van der Waals surface area contributed by atoms with Crippen LogP contribution >= 0.6 is 0 Å². The zero-order chi connectivity index (χ0) is 19.5. The van der Waals surface area contributed by atoms with E-state index in [0.717, 1.165) is 28.9 Å².